The summed E-state index contributed by atoms with van der Waals surface area (Å²) in [6.07, 6.45) is 0. The SMILES string of the molecule is COc1cc(C(=O)NC(C)c2nc(C)c(C(=O)O)s2)c([N+](=O)[O-])cc1OC. The fraction of sp³-hybridized carbons (Fsp3) is 0.312. The highest BCUT2D eigenvalue weighted by Gasteiger charge is 2.27. The monoisotopic (exact) mass is 395 g/mol. The van der Waals surface area contributed by atoms with E-state index in [2.05, 4.69) is 10.3 Å². The fourth-order valence-corrected chi connectivity index (χ4v) is 3.25. The van der Waals surface area contributed by atoms with E-state index < -0.39 is 28.5 Å². The van der Waals surface area contributed by atoms with Crippen LogP contribution < -0.4 is 14.8 Å². The molecule has 0 aliphatic rings. The van der Waals surface area contributed by atoms with E-state index in [9.17, 15) is 19.7 Å². The minimum atomic E-state index is -1.11. The number of nitrogens with zero attached hydrogens (tertiary/aromatic N) is 2. The van der Waals surface area contributed by atoms with Crippen LogP contribution in [0.2, 0.25) is 0 Å². The van der Waals surface area contributed by atoms with E-state index in [1.54, 1.807) is 13.8 Å². The minimum Gasteiger partial charge on any atom is -0.493 e. The lowest BCUT2D eigenvalue weighted by atomic mass is 10.1. The van der Waals surface area contributed by atoms with Gasteiger partial charge in [-0.1, -0.05) is 0 Å². The first-order valence-corrected chi connectivity index (χ1v) is 8.43. The normalized spacial score (nSPS) is 11.6. The first kappa shape index (κ1) is 20.1. The van der Waals surface area contributed by atoms with Gasteiger partial charge in [0.15, 0.2) is 11.5 Å². The predicted molar refractivity (Wildman–Crippen MR) is 95.9 cm³/mol. The van der Waals surface area contributed by atoms with Gasteiger partial charge in [0.25, 0.3) is 11.6 Å². The number of nitro benzene ring substituents is 1. The molecule has 0 saturated heterocycles. The molecule has 1 unspecified atom stereocenters. The average Bonchev–Trinajstić information content (AvgIpc) is 3.02. The third-order valence-electron chi connectivity index (χ3n) is 3.67. The second kappa shape index (κ2) is 7.99. The van der Waals surface area contributed by atoms with Crippen LogP contribution in [0.1, 0.15) is 43.7 Å². The van der Waals surface area contributed by atoms with Gasteiger partial charge in [-0.15, -0.1) is 11.3 Å². The summed E-state index contributed by atoms with van der Waals surface area (Å²) in [6.45, 7) is 3.16. The number of aromatic carboxylic acids is 1. The molecule has 2 aromatic rings. The molecule has 1 atom stereocenters. The minimum absolute atomic E-state index is 0.0724. The Morgan fingerprint density at radius 3 is 2.37 bits per heavy atom. The van der Waals surface area contributed by atoms with Crippen molar-refractivity contribution in [3.63, 3.8) is 0 Å². The molecule has 0 saturated carbocycles. The Morgan fingerprint density at radius 1 is 1.30 bits per heavy atom. The lowest BCUT2D eigenvalue weighted by Gasteiger charge is -2.13. The van der Waals surface area contributed by atoms with Crippen LogP contribution in [0.3, 0.4) is 0 Å². The summed E-state index contributed by atoms with van der Waals surface area (Å²) in [4.78, 5) is 38.6. The number of ether oxygens (including phenoxy) is 2. The van der Waals surface area contributed by atoms with E-state index in [4.69, 9.17) is 14.6 Å². The number of carboxylic acids is 1. The Morgan fingerprint density at radius 2 is 1.89 bits per heavy atom. The molecule has 1 heterocycles. The van der Waals surface area contributed by atoms with Gasteiger partial charge in [0.05, 0.1) is 36.9 Å². The van der Waals surface area contributed by atoms with E-state index in [0.717, 1.165) is 17.4 Å². The molecule has 10 nitrogen and oxygen atoms in total. The summed E-state index contributed by atoms with van der Waals surface area (Å²) in [7, 11) is 2.67. The van der Waals surface area contributed by atoms with Crippen LogP contribution in [0.25, 0.3) is 0 Å². The standard InChI is InChI=1S/C16H17N3O7S/c1-7-13(16(21)22)27-15(18-7)8(2)17-14(20)9-5-11(25-3)12(26-4)6-10(9)19(23)24/h5-6,8H,1-4H3,(H,17,20)(H,21,22). The van der Waals surface area contributed by atoms with Gasteiger partial charge in [0, 0.05) is 6.07 Å². The topological polar surface area (TPSA) is 141 Å². The average molecular weight is 395 g/mol. The largest absolute Gasteiger partial charge is 0.493 e. The van der Waals surface area contributed by atoms with E-state index >= 15 is 0 Å². The Kier molecular flexibility index (Phi) is 5.95. The van der Waals surface area contributed by atoms with Gasteiger partial charge in [-0.3, -0.25) is 14.9 Å². The van der Waals surface area contributed by atoms with E-state index in [0.29, 0.717) is 10.7 Å². The number of aryl methyl sites for hydroxylation is 1. The second-order valence-electron chi connectivity index (χ2n) is 5.45. The molecule has 2 N–H and O–H groups in total. The number of carbonyl (C=O) groups is 2. The molecule has 0 aliphatic heterocycles. The van der Waals surface area contributed by atoms with Gasteiger partial charge < -0.3 is 19.9 Å². The van der Waals surface area contributed by atoms with Crippen molar-refractivity contribution >= 4 is 28.9 Å². The Bertz CT molecular complexity index is 910. The molecule has 1 aromatic heterocycles. The summed E-state index contributed by atoms with van der Waals surface area (Å²) in [5, 5.41) is 23.4. The van der Waals surface area contributed by atoms with Crippen molar-refractivity contribution in [3.05, 3.63) is 43.4 Å². The lowest BCUT2D eigenvalue weighted by molar-refractivity contribution is -0.385. The maximum absolute atomic E-state index is 12.6. The summed E-state index contributed by atoms with van der Waals surface area (Å²) >= 11 is 0.933. The lowest BCUT2D eigenvalue weighted by Crippen LogP contribution is -2.27. The van der Waals surface area contributed by atoms with Crippen molar-refractivity contribution < 1.29 is 29.1 Å². The summed E-state index contributed by atoms with van der Waals surface area (Å²) < 4.78 is 10.1. The highest BCUT2D eigenvalue weighted by atomic mass is 32.1. The quantitative estimate of drug-likeness (QED) is 0.538. The molecule has 1 amide bonds. The van der Waals surface area contributed by atoms with Gasteiger partial charge in [-0.25, -0.2) is 9.78 Å². The molecule has 0 aliphatic carbocycles. The number of rotatable bonds is 7. The van der Waals surface area contributed by atoms with Crippen molar-refractivity contribution in [2.45, 2.75) is 19.9 Å². The van der Waals surface area contributed by atoms with Crippen molar-refractivity contribution in [1.82, 2.24) is 10.3 Å². The number of benzene rings is 1. The molecule has 0 spiro atoms. The number of nitrogens with one attached hydrogen (secondary N) is 1. The third kappa shape index (κ3) is 4.14. The number of aromatic nitrogens is 1. The third-order valence-corrected chi connectivity index (χ3v) is 5.00. The first-order valence-electron chi connectivity index (χ1n) is 7.61. The predicted octanol–water partition coefficient (Wildman–Crippen LogP) is 2.57. The van der Waals surface area contributed by atoms with Crippen molar-refractivity contribution in [2.75, 3.05) is 14.2 Å². The summed E-state index contributed by atoms with van der Waals surface area (Å²) in [5.74, 6) is -1.54. The number of carboxylic acid groups (broad SMARTS) is 1. The Balaban J connectivity index is 2.35. The smallest absolute Gasteiger partial charge is 0.347 e. The first-order chi connectivity index (χ1) is 12.7. The van der Waals surface area contributed by atoms with Crippen molar-refractivity contribution in [3.8, 4) is 11.5 Å². The zero-order valence-electron chi connectivity index (χ0n) is 14.9. The zero-order chi connectivity index (χ0) is 20.3. The van der Waals surface area contributed by atoms with Gasteiger partial charge >= 0.3 is 5.97 Å². The summed E-state index contributed by atoms with van der Waals surface area (Å²) in [6, 6.07) is 1.67. The summed E-state index contributed by atoms with van der Waals surface area (Å²) in [5.41, 5.74) is -0.323. The highest BCUT2D eigenvalue weighted by Crippen LogP contribution is 2.35. The van der Waals surface area contributed by atoms with Crippen LogP contribution in [0.15, 0.2) is 12.1 Å². The van der Waals surface area contributed by atoms with E-state index in [-0.39, 0.29) is 21.9 Å². The van der Waals surface area contributed by atoms with E-state index in [1.165, 1.54) is 20.3 Å². The highest BCUT2D eigenvalue weighted by molar-refractivity contribution is 7.13. The number of nitro groups is 1. The van der Waals surface area contributed by atoms with Crippen molar-refractivity contribution in [2.24, 2.45) is 0 Å². The van der Waals surface area contributed by atoms with Crippen LogP contribution in [0, 0.1) is 17.0 Å². The Labute approximate surface area is 157 Å². The molecule has 144 valence electrons. The molecular formula is C16H17N3O7S. The number of hydrogen-bond donors (Lipinski definition) is 2. The molecule has 0 bridgehead atoms. The molecular weight excluding hydrogens is 378 g/mol. The van der Waals surface area contributed by atoms with Crippen LogP contribution >= 0.6 is 11.3 Å². The van der Waals surface area contributed by atoms with Gasteiger partial charge in [0.2, 0.25) is 0 Å². The molecule has 27 heavy (non-hydrogen) atoms. The van der Waals surface area contributed by atoms with Gasteiger partial charge in [0.1, 0.15) is 15.4 Å². The fourth-order valence-electron chi connectivity index (χ4n) is 2.34. The maximum atomic E-state index is 12.6. The van der Waals surface area contributed by atoms with Gasteiger partial charge in [-0.05, 0) is 13.8 Å². The zero-order valence-corrected chi connectivity index (χ0v) is 15.7. The maximum Gasteiger partial charge on any atom is 0.347 e. The molecule has 11 heteroatoms. The number of methoxy groups -OCH3 is 2. The number of amides is 1. The van der Waals surface area contributed by atoms with Gasteiger partial charge in [-0.2, -0.15) is 0 Å². The van der Waals surface area contributed by atoms with E-state index in [1.807, 2.05) is 0 Å². The molecule has 0 radical (unpaired) electrons. The van der Waals surface area contributed by atoms with Crippen molar-refractivity contribution in [1.29, 1.82) is 0 Å². The molecule has 2 rings (SSSR count). The second-order valence-corrected chi connectivity index (χ2v) is 6.48. The van der Waals surface area contributed by atoms with Crippen LogP contribution in [0.4, 0.5) is 5.69 Å². The van der Waals surface area contributed by atoms with Crippen LogP contribution in [-0.2, 0) is 0 Å². The number of hydrogen-bond acceptors (Lipinski definition) is 8. The molecule has 0 fully saturated rings. The molecule has 1 aromatic carbocycles. The van der Waals surface area contributed by atoms with Crippen LogP contribution in [0.5, 0.6) is 11.5 Å². The Hall–Kier alpha value is -3.21. The number of thiazole rings is 1. The van der Waals surface area contributed by atoms with Crippen LogP contribution in [-0.4, -0.2) is 41.1 Å². The number of carbonyl (C=O) groups excluding carboxylic acids is 1.